The van der Waals surface area contributed by atoms with Gasteiger partial charge < -0.3 is 20.7 Å². The number of carbonyl (C=O) groups is 1. The molecule has 0 spiro atoms. The summed E-state index contributed by atoms with van der Waals surface area (Å²) in [6.45, 7) is 0.500. The Hall–Kier alpha value is -3.31. The van der Waals surface area contributed by atoms with Gasteiger partial charge in [-0.25, -0.2) is 0 Å². The van der Waals surface area contributed by atoms with E-state index in [4.69, 9.17) is 4.74 Å². The van der Waals surface area contributed by atoms with E-state index >= 15 is 0 Å². The van der Waals surface area contributed by atoms with Crippen molar-refractivity contribution in [2.45, 2.75) is 13.0 Å². The van der Waals surface area contributed by atoms with Crippen molar-refractivity contribution >= 4 is 12.1 Å². The van der Waals surface area contributed by atoms with Crippen LogP contribution in [0.25, 0.3) is 11.1 Å². The summed E-state index contributed by atoms with van der Waals surface area (Å²) in [7, 11) is 1.63. The van der Waals surface area contributed by atoms with Crippen LogP contribution >= 0.6 is 0 Å². The maximum absolute atomic E-state index is 11.0. The number of methoxy groups -OCH3 is 1. The van der Waals surface area contributed by atoms with Crippen molar-refractivity contribution in [2.75, 3.05) is 12.6 Å². The number of amides is 1. The molecule has 27 heavy (non-hydrogen) atoms. The van der Waals surface area contributed by atoms with Crippen LogP contribution in [0.15, 0.2) is 66.7 Å². The van der Waals surface area contributed by atoms with E-state index in [0.717, 1.165) is 40.0 Å². The standard InChI is InChI=1S/C22H21N2O3/c1-27-22-10-9-16(11-17-5-2-3-6-19(17)14-23-15-25)12-21(22)18-7-4-8-20(13-18)24-26/h2-10,12-13,15,24H,11,14H2,1H3,(H,23,25)/q-1. The van der Waals surface area contributed by atoms with Crippen LogP contribution in [0.2, 0.25) is 0 Å². The lowest BCUT2D eigenvalue weighted by Gasteiger charge is -2.15. The number of hydrogen-bond acceptors (Lipinski definition) is 4. The smallest absolute Gasteiger partial charge is 0.207 e. The highest BCUT2D eigenvalue weighted by Crippen LogP contribution is 2.33. The van der Waals surface area contributed by atoms with Crippen LogP contribution in [0.5, 0.6) is 5.75 Å². The van der Waals surface area contributed by atoms with Crippen LogP contribution in [-0.4, -0.2) is 13.5 Å². The molecule has 0 aliphatic heterocycles. The summed E-state index contributed by atoms with van der Waals surface area (Å²) in [5.74, 6) is 0.748. The molecule has 0 saturated carbocycles. The lowest BCUT2D eigenvalue weighted by Crippen LogP contribution is -2.11. The molecule has 0 unspecified atom stereocenters. The molecular weight excluding hydrogens is 340 g/mol. The molecule has 5 nitrogen and oxygen atoms in total. The van der Waals surface area contributed by atoms with E-state index in [1.54, 1.807) is 19.2 Å². The van der Waals surface area contributed by atoms with E-state index in [1.165, 1.54) is 0 Å². The molecule has 2 N–H and O–H groups in total. The molecule has 0 atom stereocenters. The quantitative estimate of drug-likeness (QED) is 0.468. The van der Waals surface area contributed by atoms with Gasteiger partial charge in [0.25, 0.3) is 0 Å². The van der Waals surface area contributed by atoms with E-state index in [2.05, 4.69) is 17.4 Å². The minimum Gasteiger partial charge on any atom is -0.761 e. The zero-order valence-electron chi connectivity index (χ0n) is 15.1. The van der Waals surface area contributed by atoms with Crippen molar-refractivity contribution in [3.8, 4) is 16.9 Å². The van der Waals surface area contributed by atoms with Crippen LogP contribution in [0.1, 0.15) is 16.7 Å². The first-order valence-corrected chi connectivity index (χ1v) is 8.64. The lowest BCUT2D eigenvalue weighted by molar-refractivity contribution is -0.109. The molecule has 138 valence electrons. The average Bonchev–Trinajstić information content (AvgIpc) is 2.73. The third kappa shape index (κ3) is 4.46. The van der Waals surface area contributed by atoms with Gasteiger partial charge in [-0.3, -0.25) is 4.79 Å². The lowest BCUT2D eigenvalue weighted by atomic mass is 9.96. The third-order valence-electron chi connectivity index (χ3n) is 4.44. The third-order valence-corrected chi connectivity index (χ3v) is 4.44. The Morgan fingerprint density at radius 2 is 1.81 bits per heavy atom. The molecule has 3 rings (SSSR count). The molecule has 0 bridgehead atoms. The van der Waals surface area contributed by atoms with Crippen molar-refractivity contribution in [1.29, 1.82) is 0 Å². The molecule has 0 heterocycles. The highest BCUT2D eigenvalue weighted by atomic mass is 16.5. The molecule has 0 radical (unpaired) electrons. The summed E-state index contributed by atoms with van der Waals surface area (Å²) < 4.78 is 5.51. The normalized spacial score (nSPS) is 10.3. The number of anilines is 1. The maximum atomic E-state index is 11.0. The average molecular weight is 361 g/mol. The Balaban J connectivity index is 1.95. The molecular formula is C22H21N2O3-. The van der Waals surface area contributed by atoms with Gasteiger partial charge in [0.1, 0.15) is 5.75 Å². The summed E-state index contributed by atoms with van der Waals surface area (Å²) in [6.07, 6.45) is 1.44. The van der Waals surface area contributed by atoms with Crippen molar-refractivity contribution in [1.82, 2.24) is 5.32 Å². The van der Waals surface area contributed by atoms with E-state index in [-0.39, 0.29) is 0 Å². The van der Waals surface area contributed by atoms with Crippen LogP contribution < -0.4 is 15.5 Å². The zero-order valence-corrected chi connectivity index (χ0v) is 15.1. The second kappa shape index (κ2) is 8.87. The van der Waals surface area contributed by atoms with Gasteiger partial charge in [0.2, 0.25) is 6.41 Å². The van der Waals surface area contributed by atoms with E-state index in [9.17, 15) is 10.0 Å². The van der Waals surface area contributed by atoms with Crippen molar-refractivity contribution < 1.29 is 9.53 Å². The summed E-state index contributed by atoms with van der Waals surface area (Å²) in [5.41, 5.74) is 7.62. The number of benzene rings is 3. The largest absolute Gasteiger partial charge is 0.761 e. The van der Waals surface area contributed by atoms with Crippen LogP contribution in [-0.2, 0) is 17.8 Å². The molecule has 1 amide bonds. The Morgan fingerprint density at radius 3 is 2.56 bits per heavy atom. The Kier molecular flexibility index (Phi) is 6.07. The Bertz CT molecular complexity index is 925. The van der Waals surface area contributed by atoms with Gasteiger partial charge in [-0.15, -0.1) is 0 Å². The fraction of sp³-hybridized carbons (Fsp3) is 0.136. The predicted octanol–water partition coefficient (Wildman–Crippen LogP) is 4.11. The minimum absolute atomic E-state index is 0.500. The fourth-order valence-electron chi connectivity index (χ4n) is 3.11. The van der Waals surface area contributed by atoms with E-state index in [0.29, 0.717) is 18.6 Å². The van der Waals surface area contributed by atoms with Gasteiger partial charge in [0.15, 0.2) is 0 Å². The van der Waals surface area contributed by atoms with Crippen molar-refractivity contribution in [3.05, 3.63) is 88.6 Å². The monoisotopic (exact) mass is 361 g/mol. The summed E-state index contributed by atoms with van der Waals surface area (Å²) >= 11 is 0. The predicted molar refractivity (Wildman–Crippen MR) is 108 cm³/mol. The first-order chi connectivity index (χ1) is 13.2. The first-order valence-electron chi connectivity index (χ1n) is 8.64. The molecule has 3 aromatic carbocycles. The van der Waals surface area contributed by atoms with Crippen LogP contribution in [0, 0.1) is 5.21 Å². The molecule has 0 fully saturated rings. The first kappa shape index (κ1) is 18.5. The fourth-order valence-corrected chi connectivity index (χ4v) is 3.11. The number of hydrogen-bond donors (Lipinski definition) is 2. The summed E-state index contributed by atoms with van der Waals surface area (Å²) in [5, 5.41) is 13.7. The Labute approximate surface area is 158 Å². The molecule has 0 aliphatic carbocycles. The zero-order chi connectivity index (χ0) is 19.1. The van der Waals surface area contributed by atoms with Crippen molar-refractivity contribution in [3.63, 3.8) is 0 Å². The summed E-state index contributed by atoms with van der Waals surface area (Å²) in [4.78, 5) is 10.6. The number of rotatable bonds is 8. The number of nitrogens with one attached hydrogen (secondary N) is 2. The Morgan fingerprint density at radius 1 is 1.00 bits per heavy atom. The second-order valence-electron chi connectivity index (χ2n) is 6.16. The highest BCUT2D eigenvalue weighted by Gasteiger charge is 2.09. The summed E-state index contributed by atoms with van der Waals surface area (Å²) in [6, 6.07) is 21.4. The molecule has 0 aliphatic rings. The van der Waals surface area contributed by atoms with Gasteiger partial charge in [-0.1, -0.05) is 42.5 Å². The topological polar surface area (TPSA) is 73.4 Å². The van der Waals surface area contributed by atoms with Gasteiger partial charge in [-0.05, 0) is 52.9 Å². The molecule has 5 heteroatoms. The highest BCUT2D eigenvalue weighted by molar-refractivity contribution is 5.74. The van der Waals surface area contributed by atoms with Gasteiger partial charge in [0, 0.05) is 17.8 Å². The second-order valence-corrected chi connectivity index (χ2v) is 6.16. The SMILES string of the molecule is COc1ccc(Cc2ccccc2CNC=O)cc1-c1cccc(N[O-])c1. The van der Waals surface area contributed by atoms with Crippen molar-refractivity contribution in [2.24, 2.45) is 0 Å². The van der Waals surface area contributed by atoms with E-state index < -0.39 is 0 Å². The number of carbonyl (C=O) groups excluding carboxylic acids is 1. The van der Waals surface area contributed by atoms with Gasteiger partial charge in [0.05, 0.1) is 7.11 Å². The molecule has 3 aromatic rings. The van der Waals surface area contributed by atoms with Crippen LogP contribution in [0.3, 0.4) is 0 Å². The number of ether oxygens (including phenoxy) is 1. The molecule has 0 aromatic heterocycles. The molecule has 0 saturated heterocycles. The van der Waals surface area contributed by atoms with Gasteiger partial charge in [-0.2, -0.15) is 0 Å². The maximum Gasteiger partial charge on any atom is 0.207 e. The van der Waals surface area contributed by atoms with Gasteiger partial charge >= 0.3 is 0 Å². The van der Waals surface area contributed by atoms with E-state index in [1.807, 2.05) is 47.9 Å². The minimum atomic E-state index is 0.500. The van der Waals surface area contributed by atoms with Crippen LogP contribution in [0.4, 0.5) is 5.69 Å².